The van der Waals surface area contributed by atoms with Gasteiger partial charge < -0.3 is 14.2 Å². The summed E-state index contributed by atoms with van der Waals surface area (Å²) in [6, 6.07) is 16.3. The van der Waals surface area contributed by atoms with Gasteiger partial charge in [-0.15, -0.1) is 0 Å². The molecule has 1 heterocycles. The van der Waals surface area contributed by atoms with Gasteiger partial charge in [-0.3, -0.25) is 0 Å². The minimum absolute atomic E-state index is 0.242. The van der Waals surface area contributed by atoms with Gasteiger partial charge >= 0.3 is 0 Å². The summed E-state index contributed by atoms with van der Waals surface area (Å²) in [5, 5.41) is 9.81. The molecule has 0 aliphatic rings. The van der Waals surface area contributed by atoms with Crippen LogP contribution in [0.1, 0.15) is 16.8 Å². The van der Waals surface area contributed by atoms with Crippen LogP contribution in [0.4, 0.5) is 0 Å². The molecule has 1 aromatic heterocycles. The number of nitriles is 1. The molecule has 0 saturated heterocycles. The van der Waals surface area contributed by atoms with Crippen LogP contribution in [0.15, 0.2) is 48.5 Å². The molecule has 5 nitrogen and oxygen atoms in total. The van der Waals surface area contributed by atoms with Crippen molar-refractivity contribution >= 4 is 23.2 Å². The van der Waals surface area contributed by atoms with Gasteiger partial charge in [0.2, 0.25) is 5.88 Å². The van der Waals surface area contributed by atoms with E-state index in [0.29, 0.717) is 40.8 Å². The van der Waals surface area contributed by atoms with E-state index in [1.54, 1.807) is 18.2 Å². The van der Waals surface area contributed by atoms with Crippen LogP contribution < -0.4 is 14.2 Å². The zero-order chi connectivity index (χ0) is 20.8. The fourth-order valence-corrected chi connectivity index (χ4v) is 3.29. The van der Waals surface area contributed by atoms with Crippen molar-refractivity contribution < 1.29 is 14.2 Å². The van der Waals surface area contributed by atoms with E-state index in [4.69, 9.17) is 37.4 Å². The SMILES string of the molecule is COc1nc(C)c(CCOc2ccccc2)c(Oc2cc(Cl)cc(C#N)c2)c1Cl. The van der Waals surface area contributed by atoms with E-state index in [2.05, 4.69) is 11.1 Å². The van der Waals surface area contributed by atoms with Gasteiger partial charge in [0.1, 0.15) is 16.5 Å². The normalized spacial score (nSPS) is 10.3. The number of methoxy groups -OCH3 is 1. The van der Waals surface area contributed by atoms with E-state index in [-0.39, 0.29) is 10.9 Å². The second kappa shape index (κ2) is 9.51. The van der Waals surface area contributed by atoms with Gasteiger partial charge in [-0.2, -0.15) is 5.26 Å². The number of aryl methyl sites for hydroxylation is 1. The number of aromatic nitrogens is 1. The van der Waals surface area contributed by atoms with Gasteiger partial charge in [-0.1, -0.05) is 41.4 Å². The lowest BCUT2D eigenvalue weighted by Crippen LogP contribution is -2.07. The highest BCUT2D eigenvalue weighted by Gasteiger charge is 2.20. The number of ether oxygens (including phenoxy) is 3. The zero-order valence-electron chi connectivity index (χ0n) is 15.9. The second-order valence-corrected chi connectivity index (χ2v) is 6.94. The Kier molecular flexibility index (Phi) is 6.82. The van der Waals surface area contributed by atoms with Crippen molar-refractivity contribution in [3.05, 3.63) is 75.4 Å². The molecule has 148 valence electrons. The minimum Gasteiger partial charge on any atom is -0.493 e. The van der Waals surface area contributed by atoms with Crippen LogP contribution >= 0.6 is 23.2 Å². The predicted octanol–water partition coefficient (Wildman–Crippen LogP) is 5.99. The average molecular weight is 429 g/mol. The van der Waals surface area contributed by atoms with Gasteiger partial charge in [-0.25, -0.2) is 4.98 Å². The molecule has 0 aliphatic heterocycles. The number of benzene rings is 2. The second-order valence-electron chi connectivity index (χ2n) is 6.13. The maximum absolute atomic E-state index is 9.18. The van der Waals surface area contributed by atoms with Crippen molar-refractivity contribution in [3.63, 3.8) is 0 Å². The average Bonchev–Trinajstić information content (AvgIpc) is 2.72. The van der Waals surface area contributed by atoms with Crippen LogP contribution in [0.2, 0.25) is 10.0 Å². The summed E-state index contributed by atoms with van der Waals surface area (Å²) < 4.78 is 17.1. The van der Waals surface area contributed by atoms with E-state index >= 15 is 0 Å². The maximum Gasteiger partial charge on any atom is 0.236 e. The summed E-state index contributed by atoms with van der Waals surface area (Å²) in [5.74, 6) is 1.83. The first kappa shape index (κ1) is 20.8. The lowest BCUT2D eigenvalue weighted by Gasteiger charge is -2.17. The smallest absolute Gasteiger partial charge is 0.236 e. The van der Waals surface area contributed by atoms with E-state index < -0.39 is 0 Å². The lowest BCUT2D eigenvalue weighted by atomic mass is 10.1. The lowest BCUT2D eigenvalue weighted by molar-refractivity contribution is 0.318. The summed E-state index contributed by atoms with van der Waals surface area (Å²) in [7, 11) is 1.49. The van der Waals surface area contributed by atoms with Crippen LogP contribution in [-0.2, 0) is 6.42 Å². The Hall–Kier alpha value is -2.94. The molecule has 29 heavy (non-hydrogen) atoms. The standard InChI is InChI=1S/C22H18Cl2N2O3/c1-14-19(8-9-28-17-6-4-3-5-7-17)21(20(24)22(26-14)27-2)29-18-11-15(13-25)10-16(23)12-18/h3-7,10-12H,8-9H2,1-2H3. The Morgan fingerprint density at radius 3 is 2.52 bits per heavy atom. The molecule has 0 N–H and O–H groups in total. The first-order valence-electron chi connectivity index (χ1n) is 8.81. The quantitative estimate of drug-likeness (QED) is 0.462. The number of hydrogen-bond acceptors (Lipinski definition) is 5. The van der Waals surface area contributed by atoms with Crippen molar-refractivity contribution in [1.29, 1.82) is 5.26 Å². The first-order valence-corrected chi connectivity index (χ1v) is 9.56. The Morgan fingerprint density at radius 2 is 1.83 bits per heavy atom. The third-order valence-corrected chi connectivity index (χ3v) is 4.70. The molecule has 3 aromatic rings. The van der Waals surface area contributed by atoms with Gasteiger partial charge in [0, 0.05) is 22.7 Å². The molecule has 0 saturated carbocycles. The number of pyridine rings is 1. The molecule has 7 heteroatoms. The van der Waals surface area contributed by atoms with E-state index in [0.717, 1.165) is 11.3 Å². The molecule has 0 amide bonds. The molecule has 0 unspecified atom stereocenters. The van der Waals surface area contributed by atoms with Crippen LogP contribution in [-0.4, -0.2) is 18.7 Å². The number of halogens is 2. The number of hydrogen-bond donors (Lipinski definition) is 0. The van der Waals surface area contributed by atoms with Crippen LogP contribution in [0, 0.1) is 18.3 Å². The van der Waals surface area contributed by atoms with Crippen LogP contribution in [0.3, 0.4) is 0 Å². The first-order chi connectivity index (χ1) is 14.0. The fourth-order valence-electron chi connectivity index (χ4n) is 2.79. The van der Waals surface area contributed by atoms with Gasteiger partial charge in [0.15, 0.2) is 5.75 Å². The van der Waals surface area contributed by atoms with Crippen molar-refractivity contribution in [3.8, 4) is 29.2 Å². The van der Waals surface area contributed by atoms with Crippen LogP contribution in [0.25, 0.3) is 0 Å². The zero-order valence-corrected chi connectivity index (χ0v) is 17.4. The highest BCUT2D eigenvalue weighted by atomic mass is 35.5. The third kappa shape index (κ3) is 5.11. The van der Waals surface area contributed by atoms with Crippen molar-refractivity contribution in [2.24, 2.45) is 0 Å². The largest absolute Gasteiger partial charge is 0.493 e. The molecule has 0 atom stereocenters. The topological polar surface area (TPSA) is 64.4 Å². The summed E-state index contributed by atoms with van der Waals surface area (Å²) in [6.45, 7) is 2.26. The minimum atomic E-state index is 0.242. The van der Waals surface area contributed by atoms with Crippen molar-refractivity contribution in [2.75, 3.05) is 13.7 Å². The number of rotatable bonds is 7. The van der Waals surface area contributed by atoms with Crippen molar-refractivity contribution in [1.82, 2.24) is 4.98 Å². The summed E-state index contributed by atoms with van der Waals surface area (Å²) in [6.07, 6.45) is 0.512. The molecular formula is C22H18Cl2N2O3. The Labute approximate surface area is 179 Å². The number of para-hydroxylation sites is 1. The highest BCUT2D eigenvalue weighted by molar-refractivity contribution is 6.33. The Bertz CT molecular complexity index is 1050. The third-order valence-electron chi connectivity index (χ3n) is 4.14. The van der Waals surface area contributed by atoms with Gasteiger partial charge in [0.25, 0.3) is 0 Å². The van der Waals surface area contributed by atoms with Crippen LogP contribution in [0.5, 0.6) is 23.1 Å². The highest BCUT2D eigenvalue weighted by Crippen LogP contribution is 2.40. The molecule has 0 bridgehead atoms. The number of nitrogens with zero attached hydrogens (tertiary/aromatic N) is 2. The van der Waals surface area contributed by atoms with Gasteiger partial charge in [0.05, 0.1) is 25.3 Å². The van der Waals surface area contributed by atoms with Crippen molar-refractivity contribution in [2.45, 2.75) is 13.3 Å². The Morgan fingerprint density at radius 1 is 1.07 bits per heavy atom. The molecule has 0 spiro atoms. The van der Waals surface area contributed by atoms with Gasteiger partial charge in [-0.05, 0) is 37.3 Å². The Balaban J connectivity index is 1.92. The van der Waals surface area contributed by atoms with E-state index in [1.165, 1.54) is 7.11 Å². The molecule has 0 fully saturated rings. The fraction of sp³-hybridized carbons (Fsp3) is 0.182. The molecule has 0 aliphatic carbocycles. The summed E-state index contributed by atoms with van der Waals surface area (Å²) in [4.78, 5) is 4.40. The van der Waals surface area contributed by atoms with E-state index in [9.17, 15) is 5.26 Å². The van der Waals surface area contributed by atoms with E-state index in [1.807, 2.05) is 37.3 Å². The molecular weight excluding hydrogens is 411 g/mol. The molecule has 3 rings (SSSR count). The monoisotopic (exact) mass is 428 g/mol. The molecule has 2 aromatic carbocycles. The molecule has 0 radical (unpaired) electrons. The summed E-state index contributed by atoms with van der Waals surface area (Å²) in [5.41, 5.74) is 1.88. The predicted molar refractivity (Wildman–Crippen MR) is 112 cm³/mol. The maximum atomic E-state index is 9.18. The summed E-state index contributed by atoms with van der Waals surface area (Å²) >= 11 is 12.6.